The van der Waals surface area contributed by atoms with Crippen LogP contribution in [0.15, 0.2) is 71.7 Å². The van der Waals surface area contributed by atoms with Crippen molar-refractivity contribution in [3.05, 3.63) is 121 Å². The zero-order chi connectivity index (χ0) is 53.5. The molecule has 2 amide bonds. The number of halogens is 2. The molecule has 2 aliphatic rings. The van der Waals surface area contributed by atoms with Gasteiger partial charge in [-0.15, -0.1) is 21.5 Å². The number of rotatable bonds is 29. The maximum absolute atomic E-state index is 13.3. The van der Waals surface area contributed by atoms with Gasteiger partial charge in [0.05, 0.1) is 102 Å². The van der Waals surface area contributed by atoms with E-state index in [0.717, 1.165) is 33.2 Å². The Labute approximate surface area is 453 Å². The first kappa shape index (κ1) is 57.2. The van der Waals surface area contributed by atoms with Crippen LogP contribution in [0.3, 0.4) is 0 Å². The summed E-state index contributed by atoms with van der Waals surface area (Å²) in [5, 5.41) is 26.2. The lowest BCUT2D eigenvalue weighted by Gasteiger charge is -2.63. The van der Waals surface area contributed by atoms with Crippen molar-refractivity contribution in [2.24, 2.45) is 15.8 Å². The van der Waals surface area contributed by atoms with Crippen LogP contribution in [-0.4, -0.2) is 137 Å². The average Bonchev–Trinajstić information content (AvgIpc) is 3.90. The molecule has 1 saturated carbocycles. The Hall–Kier alpha value is -5.46. The number of nitrogens with one attached hydrogen (secondary N) is 2. The summed E-state index contributed by atoms with van der Waals surface area (Å²) in [4.78, 5) is 32.8. The Kier molecular flexibility index (Phi) is 20.6. The molecule has 2 N–H and O–H groups in total. The number of thiophene rings is 1. The predicted octanol–water partition coefficient (Wildman–Crippen LogP) is 8.62. The van der Waals surface area contributed by atoms with Crippen LogP contribution in [0.4, 0.5) is 0 Å². The number of nitriles is 1. The number of fused-ring (bicyclic) bond motifs is 3. The summed E-state index contributed by atoms with van der Waals surface area (Å²) in [6.07, 6.45) is -0.0964. The highest BCUT2D eigenvalue weighted by Crippen LogP contribution is 2.55. The monoisotopic (exact) mass is 1090 g/mol. The fourth-order valence-electron chi connectivity index (χ4n) is 9.58. The zero-order valence-corrected chi connectivity index (χ0v) is 46.0. The Bertz CT molecular complexity index is 2760. The number of carbonyl (C=O) groups is 2. The molecule has 0 spiro atoms. The molecule has 1 aliphatic carbocycles. The van der Waals surface area contributed by atoms with Gasteiger partial charge in [0, 0.05) is 56.1 Å². The third kappa shape index (κ3) is 14.7. The summed E-state index contributed by atoms with van der Waals surface area (Å²) in [5.74, 6) is 2.25. The van der Waals surface area contributed by atoms with Crippen molar-refractivity contribution in [1.82, 2.24) is 25.4 Å². The lowest BCUT2D eigenvalue weighted by Crippen LogP contribution is -2.74. The highest BCUT2D eigenvalue weighted by atomic mass is 35.5. The summed E-state index contributed by atoms with van der Waals surface area (Å²) in [5.41, 5.74) is 4.04. The van der Waals surface area contributed by atoms with E-state index in [0.29, 0.717) is 131 Å². The molecule has 0 bridgehead atoms. The SMILES string of the molecule is Cc1sc2c(c1C)C(c1ccc(Cl)cc1)=N[C@@H](CC(=O)NCCOCCOCCOCCOCCOCCOCCOc1ccc(C(=O)NC3C(C)(C)C(Oc4ccc(C#N)c(Cl)c4)C3(C)C)cc1)c1nnc(C)n1-2. The summed E-state index contributed by atoms with van der Waals surface area (Å²) in [6.45, 7) is 20.0. The lowest BCUT2D eigenvalue weighted by atomic mass is 9.49. The van der Waals surface area contributed by atoms with Crippen LogP contribution < -0.4 is 20.1 Å². The van der Waals surface area contributed by atoms with Crippen LogP contribution in [0.2, 0.25) is 10.0 Å². The quantitative estimate of drug-likeness (QED) is 0.0432. The van der Waals surface area contributed by atoms with Gasteiger partial charge < -0.3 is 48.5 Å². The molecule has 5 aromatic rings. The average molecular weight is 1090 g/mol. The number of amides is 2. The topological polar surface area (TPSA) is 199 Å². The van der Waals surface area contributed by atoms with E-state index in [1.54, 1.807) is 53.8 Å². The van der Waals surface area contributed by atoms with E-state index in [-0.39, 0.29) is 41.2 Å². The van der Waals surface area contributed by atoms with Gasteiger partial charge in [-0.1, -0.05) is 63.0 Å². The Balaban J connectivity index is 0.655. The van der Waals surface area contributed by atoms with Crippen LogP contribution in [0, 0.1) is 42.9 Å². The number of hydrogen-bond donors (Lipinski definition) is 2. The molecule has 402 valence electrons. The summed E-state index contributed by atoms with van der Waals surface area (Å²) >= 11 is 14.1. The lowest BCUT2D eigenvalue weighted by molar-refractivity contribution is -0.164. The number of nitrogens with zero attached hydrogens (tertiary/aromatic N) is 5. The molecule has 20 heteroatoms. The van der Waals surface area contributed by atoms with E-state index in [9.17, 15) is 14.9 Å². The number of benzene rings is 3. The summed E-state index contributed by atoms with van der Waals surface area (Å²) in [7, 11) is 0. The smallest absolute Gasteiger partial charge is 0.251 e. The van der Waals surface area contributed by atoms with Crippen LogP contribution in [0.25, 0.3) is 5.00 Å². The third-order valence-electron chi connectivity index (χ3n) is 13.2. The van der Waals surface area contributed by atoms with E-state index in [2.05, 4.69) is 68.4 Å². The van der Waals surface area contributed by atoms with Crippen molar-refractivity contribution in [3.8, 4) is 22.6 Å². The summed E-state index contributed by atoms with van der Waals surface area (Å²) < 4.78 is 47.8. The van der Waals surface area contributed by atoms with E-state index >= 15 is 0 Å². The van der Waals surface area contributed by atoms with E-state index < -0.39 is 6.04 Å². The molecule has 3 aromatic carbocycles. The number of aromatic nitrogens is 3. The molecule has 3 heterocycles. The van der Waals surface area contributed by atoms with Gasteiger partial charge in [0.1, 0.15) is 47.1 Å². The highest BCUT2D eigenvalue weighted by Gasteiger charge is 2.64. The first-order chi connectivity index (χ1) is 36.1. The standard InChI is InChI=1S/C55H67Cl2N7O10S/c1-35-36(2)75-51-47(35)48(38-8-13-41(56)14-9-38)60-45(49-63-62-37(3)64(49)51)33-46(65)59-18-19-67-20-21-68-22-23-69-24-25-70-26-27-71-28-29-72-30-31-73-42-15-10-39(11-16-42)50(66)61-52-54(4,5)53(55(52,6)7)74-43-17-12-40(34-58)44(57)32-43/h8-17,32,45,52-53H,18-31,33H2,1-7H3,(H,59,65)(H,61,66)/t45-,52?,53?/m0/s1. The minimum absolute atomic E-state index is 0.101. The second-order valence-corrected chi connectivity index (χ2v) is 21.4. The second-order valence-electron chi connectivity index (χ2n) is 19.3. The first-order valence-corrected chi connectivity index (χ1v) is 26.7. The van der Waals surface area contributed by atoms with Crippen LogP contribution in [0.5, 0.6) is 11.5 Å². The Morgan fingerprint density at radius 3 is 1.87 bits per heavy atom. The fourth-order valence-corrected chi connectivity index (χ4v) is 11.1. The molecule has 1 aliphatic heterocycles. The zero-order valence-electron chi connectivity index (χ0n) is 43.7. The van der Waals surface area contributed by atoms with E-state index in [4.69, 9.17) is 66.1 Å². The first-order valence-electron chi connectivity index (χ1n) is 25.1. The van der Waals surface area contributed by atoms with Gasteiger partial charge >= 0.3 is 0 Å². The van der Waals surface area contributed by atoms with E-state index in [1.165, 1.54) is 4.88 Å². The molecule has 2 aromatic heterocycles. The molecule has 17 nitrogen and oxygen atoms in total. The van der Waals surface area contributed by atoms with Gasteiger partial charge in [0.15, 0.2) is 5.82 Å². The van der Waals surface area contributed by atoms with Gasteiger partial charge in [-0.2, -0.15) is 5.26 Å². The maximum Gasteiger partial charge on any atom is 0.251 e. The fraction of sp³-hybridized carbons (Fsp3) is 0.491. The van der Waals surface area contributed by atoms with Gasteiger partial charge in [-0.05, 0) is 74.9 Å². The molecule has 0 radical (unpaired) electrons. The normalized spacial score (nSPS) is 17.2. The van der Waals surface area contributed by atoms with Crippen molar-refractivity contribution in [1.29, 1.82) is 5.26 Å². The van der Waals surface area contributed by atoms with Gasteiger partial charge in [0.2, 0.25) is 5.91 Å². The second kappa shape index (κ2) is 27.0. The van der Waals surface area contributed by atoms with E-state index in [1.807, 2.05) is 35.8 Å². The number of aryl methyl sites for hydroxylation is 2. The molecular formula is C55H67Cl2N7O10S. The number of aliphatic imine (C=N–C) groups is 1. The van der Waals surface area contributed by atoms with Gasteiger partial charge in [-0.25, -0.2) is 0 Å². The minimum Gasteiger partial charge on any atom is -0.491 e. The Morgan fingerprint density at radius 1 is 0.733 bits per heavy atom. The van der Waals surface area contributed by atoms with Gasteiger partial charge in [-0.3, -0.25) is 19.1 Å². The number of hydrogen-bond acceptors (Lipinski definition) is 15. The van der Waals surface area contributed by atoms with Crippen LogP contribution in [0.1, 0.15) is 89.3 Å². The molecular weight excluding hydrogens is 1020 g/mol. The number of ether oxygens (including phenoxy) is 8. The van der Waals surface area contributed by atoms with Crippen molar-refractivity contribution in [2.45, 2.75) is 73.1 Å². The largest absolute Gasteiger partial charge is 0.491 e. The van der Waals surface area contributed by atoms with Crippen molar-refractivity contribution >= 4 is 52.1 Å². The van der Waals surface area contributed by atoms with Crippen molar-refractivity contribution in [3.63, 3.8) is 0 Å². The van der Waals surface area contributed by atoms with Gasteiger partial charge in [0.25, 0.3) is 5.91 Å². The molecule has 0 unspecified atom stereocenters. The molecule has 75 heavy (non-hydrogen) atoms. The molecule has 7 rings (SSSR count). The molecule has 1 atom stereocenters. The molecule has 0 saturated heterocycles. The molecule has 1 fully saturated rings. The summed E-state index contributed by atoms with van der Waals surface area (Å²) in [6, 6.07) is 21.0. The maximum atomic E-state index is 13.3. The van der Waals surface area contributed by atoms with Crippen LogP contribution in [-0.2, 0) is 33.2 Å². The third-order valence-corrected chi connectivity index (χ3v) is 15.0. The van der Waals surface area contributed by atoms with Crippen molar-refractivity contribution < 1.29 is 47.5 Å². The van der Waals surface area contributed by atoms with Crippen molar-refractivity contribution in [2.75, 3.05) is 92.4 Å². The number of carbonyl (C=O) groups excluding carboxylic acids is 2. The highest BCUT2D eigenvalue weighted by molar-refractivity contribution is 7.15. The van der Waals surface area contributed by atoms with Crippen LogP contribution >= 0.6 is 34.5 Å². The predicted molar refractivity (Wildman–Crippen MR) is 287 cm³/mol. The minimum atomic E-state index is -0.545. The Morgan fingerprint density at radius 2 is 1.29 bits per heavy atom.